The van der Waals surface area contributed by atoms with Crippen LogP contribution in [-0.2, 0) is 19.1 Å². The summed E-state index contributed by atoms with van der Waals surface area (Å²) in [4.78, 5) is 34.2. The highest BCUT2D eigenvalue weighted by Gasteiger charge is 2.30. The molecule has 1 fully saturated rings. The minimum Gasteiger partial charge on any atom is -0.494 e. The maximum atomic E-state index is 12.3. The zero-order valence-electron chi connectivity index (χ0n) is 17.2. The first kappa shape index (κ1) is 23.4. The van der Waals surface area contributed by atoms with Crippen LogP contribution in [0.3, 0.4) is 0 Å². The van der Waals surface area contributed by atoms with Crippen molar-refractivity contribution in [3.05, 3.63) is 36.9 Å². The van der Waals surface area contributed by atoms with Gasteiger partial charge in [0.05, 0.1) is 25.0 Å². The van der Waals surface area contributed by atoms with Crippen LogP contribution >= 0.6 is 0 Å². The number of ether oxygens (including phenoxy) is 3. The Kier molecular flexibility index (Phi) is 9.91. The van der Waals surface area contributed by atoms with Crippen LogP contribution in [0.5, 0.6) is 11.5 Å². The average Bonchev–Trinajstić information content (AvgIpc) is 2.76. The first-order valence-electron chi connectivity index (χ1n) is 10.5. The van der Waals surface area contributed by atoms with E-state index >= 15 is 0 Å². The summed E-state index contributed by atoms with van der Waals surface area (Å²) in [7, 11) is 0. The monoisotopic (exact) mass is 418 g/mol. The van der Waals surface area contributed by atoms with Crippen molar-refractivity contribution in [1.29, 1.82) is 0 Å². The van der Waals surface area contributed by atoms with Crippen molar-refractivity contribution in [2.45, 2.75) is 51.4 Å². The number of rotatable bonds is 12. The maximum absolute atomic E-state index is 12.3. The molecule has 7 heteroatoms. The van der Waals surface area contributed by atoms with Gasteiger partial charge in [0.15, 0.2) is 0 Å². The summed E-state index contributed by atoms with van der Waals surface area (Å²) in [6, 6.07) is 6.92. The highest BCUT2D eigenvalue weighted by Crippen LogP contribution is 2.30. The molecule has 2 rings (SSSR count). The van der Waals surface area contributed by atoms with Gasteiger partial charge in [-0.2, -0.15) is 0 Å². The van der Waals surface area contributed by atoms with E-state index in [1.807, 2.05) is 0 Å². The Hall–Kier alpha value is -2.83. The van der Waals surface area contributed by atoms with Gasteiger partial charge in [-0.15, -0.1) is 0 Å². The van der Waals surface area contributed by atoms with Gasteiger partial charge < -0.3 is 19.3 Å². The van der Waals surface area contributed by atoms with Crippen molar-refractivity contribution < 1.29 is 33.7 Å². The van der Waals surface area contributed by atoms with E-state index in [9.17, 15) is 14.4 Å². The van der Waals surface area contributed by atoms with E-state index < -0.39 is 11.9 Å². The number of carboxylic acids is 1. The lowest BCUT2D eigenvalue weighted by Gasteiger charge is -2.24. The van der Waals surface area contributed by atoms with E-state index in [1.54, 1.807) is 24.3 Å². The molecule has 1 aliphatic rings. The van der Waals surface area contributed by atoms with Crippen LogP contribution in [0.4, 0.5) is 0 Å². The largest absolute Gasteiger partial charge is 0.494 e. The SMILES string of the molecule is C=CC(=O)OCCCCCCOc1ccc(OC(=O)C2CCC(C(=O)O)CC2)cc1. The Morgan fingerprint density at radius 2 is 1.47 bits per heavy atom. The fourth-order valence-electron chi connectivity index (χ4n) is 3.36. The van der Waals surface area contributed by atoms with Gasteiger partial charge in [0, 0.05) is 6.08 Å². The standard InChI is InChI=1S/C23H30O7/c1-2-21(24)29-16-6-4-3-5-15-28-19-11-13-20(14-12-19)30-23(27)18-9-7-17(8-10-18)22(25)26/h2,11-14,17-18H,1,3-10,15-16H2,(H,25,26). The minimum absolute atomic E-state index is 0.239. The molecule has 0 unspecified atom stereocenters. The van der Waals surface area contributed by atoms with Crippen molar-refractivity contribution in [2.24, 2.45) is 11.8 Å². The second-order valence-corrected chi connectivity index (χ2v) is 7.41. The summed E-state index contributed by atoms with van der Waals surface area (Å²) in [6.45, 7) is 4.34. The number of hydrogen-bond acceptors (Lipinski definition) is 6. The fraction of sp³-hybridized carbons (Fsp3) is 0.522. The van der Waals surface area contributed by atoms with Crippen LogP contribution in [-0.4, -0.2) is 36.2 Å². The third-order valence-electron chi connectivity index (χ3n) is 5.17. The molecule has 0 spiro atoms. The molecule has 0 radical (unpaired) electrons. The molecule has 0 saturated heterocycles. The van der Waals surface area contributed by atoms with Crippen LogP contribution in [0.15, 0.2) is 36.9 Å². The van der Waals surface area contributed by atoms with E-state index in [4.69, 9.17) is 19.3 Å². The number of benzene rings is 1. The Morgan fingerprint density at radius 3 is 2.07 bits per heavy atom. The molecule has 0 aromatic heterocycles. The number of aliphatic carboxylic acids is 1. The van der Waals surface area contributed by atoms with Gasteiger partial charge in [-0.1, -0.05) is 6.58 Å². The molecule has 30 heavy (non-hydrogen) atoms. The zero-order chi connectivity index (χ0) is 21.8. The third-order valence-corrected chi connectivity index (χ3v) is 5.17. The fourth-order valence-corrected chi connectivity index (χ4v) is 3.36. The molecule has 0 aliphatic heterocycles. The van der Waals surface area contributed by atoms with Crippen molar-refractivity contribution >= 4 is 17.9 Å². The Morgan fingerprint density at radius 1 is 0.900 bits per heavy atom. The summed E-state index contributed by atoms with van der Waals surface area (Å²) in [5, 5.41) is 9.03. The molecule has 1 N–H and O–H groups in total. The first-order valence-corrected chi connectivity index (χ1v) is 10.5. The van der Waals surface area contributed by atoms with Crippen molar-refractivity contribution in [3.8, 4) is 11.5 Å². The van der Waals surface area contributed by atoms with Gasteiger partial charge >= 0.3 is 17.9 Å². The average molecular weight is 418 g/mol. The molecule has 7 nitrogen and oxygen atoms in total. The first-order chi connectivity index (χ1) is 14.5. The van der Waals surface area contributed by atoms with Crippen molar-refractivity contribution in [2.75, 3.05) is 13.2 Å². The van der Waals surface area contributed by atoms with Gasteiger partial charge in [-0.05, 0) is 75.6 Å². The molecular weight excluding hydrogens is 388 g/mol. The van der Waals surface area contributed by atoms with Crippen molar-refractivity contribution in [1.82, 2.24) is 0 Å². The summed E-state index contributed by atoms with van der Waals surface area (Å²) in [6.07, 6.45) is 6.93. The summed E-state index contributed by atoms with van der Waals surface area (Å²) >= 11 is 0. The predicted octanol–water partition coefficient (Wildman–Crippen LogP) is 4.15. The van der Waals surface area contributed by atoms with E-state index in [2.05, 4.69) is 6.58 Å². The summed E-state index contributed by atoms with van der Waals surface area (Å²) in [5.74, 6) is -0.897. The van der Waals surface area contributed by atoms with Gasteiger partial charge in [0.2, 0.25) is 0 Å². The van der Waals surface area contributed by atoms with Crippen LogP contribution in [0.1, 0.15) is 51.4 Å². The maximum Gasteiger partial charge on any atom is 0.330 e. The summed E-state index contributed by atoms with van der Waals surface area (Å²) in [5.41, 5.74) is 0. The van der Waals surface area contributed by atoms with Crippen LogP contribution in [0, 0.1) is 11.8 Å². The molecule has 1 saturated carbocycles. The predicted molar refractivity (Wildman–Crippen MR) is 110 cm³/mol. The van der Waals surface area contributed by atoms with E-state index in [1.165, 1.54) is 0 Å². The summed E-state index contributed by atoms with van der Waals surface area (Å²) < 4.78 is 16.0. The smallest absolute Gasteiger partial charge is 0.330 e. The number of hydrogen-bond donors (Lipinski definition) is 1. The van der Waals surface area contributed by atoms with Crippen molar-refractivity contribution in [3.63, 3.8) is 0 Å². The Bertz CT molecular complexity index is 703. The Labute approximate surface area is 177 Å². The lowest BCUT2D eigenvalue weighted by molar-refractivity contribution is -0.146. The number of carbonyl (C=O) groups excluding carboxylic acids is 2. The lowest BCUT2D eigenvalue weighted by atomic mass is 9.82. The molecule has 0 heterocycles. The molecule has 1 aliphatic carbocycles. The zero-order valence-corrected chi connectivity index (χ0v) is 17.2. The number of carbonyl (C=O) groups is 3. The minimum atomic E-state index is -0.786. The van der Waals surface area contributed by atoms with Gasteiger partial charge in [-0.25, -0.2) is 4.79 Å². The van der Waals surface area contributed by atoms with Gasteiger partial charge in [-0.3, -0.25) is 9.59 Å². The van der Waals surface area contributed by atoms with Crippen LogP contribution in [0.2, 0.25) is 0 Å². The highest BCUT2D eigenvalue weighted by atomic mass is 16.5. The molecule has 1 aromatic carbocycles. The quantitative estimate of drug-likeness (QED) is 0.236. The Balaban J connectivity index is 1.59. The molecular formula is C23H30O7. The number of unbranched alkanes of at least 4 members (excludes halogenated alkanes) is 3. The third kappa shape index (κ3) is 8.27. The van der Waals surface area contributed by atoms with Gasteiger partial charge in [0.1, 0.15) is 11.5 Å². The molecule has 0 amide bonds. The number of esters is 2. The molecule has 0 bridgehead atoms. The molecule has 1 aromatic rings. The number of carboxylic acid groups (broad SMARTS) is 1. The highest BCUT2D eigenvalue weighted by molar-refractivity contribution is 5.81. The van der Waals surface area contributed by atoms with E-state index in [0.717, 1.165) is 31.8 Å². The second-order valence-electron chi connectivity index (χ2n) is 7.41. The lowest BCUT2D eigenvalue weighted by Crippen LogP contribution is -2.28. The van der Waals surface area contributed by atoms with Crippen LogP contribution < -0.4 is 9.47 Å². The van der Waals surface area contributed by atoms with E-state index in [0.29, 0.717) is 50.4 Å². The normalized spacial score (nSPS) is 18.3. The second kappa shape index (κ2) is 12.7. The van der Waals surface area contributed by atoms with Crippen LogP contribution in [0.25, 0.3) is 0 Å². The topological polar surface area (TPSA) is 99.1 Å². The molecule has 164 valence electrons. The molecule has 0 atom stereocenters. The van der Waals surface area contributed by atoms with Gasteiger partial charge in [0.25, 0.3) is 0 Å². The van der Waals surface area contributed by atoms with E-state index in [-0.39, 0.29) is 17.8 Å².